The fourth-order valence-electron chi connectivity index (χ4n) is 1.55. The Morgan fingerprint density at radius 3 is 1.95 bits per heavy atom. The molecule has 0 bridgehead atoms. The molecule has 110 valence electrons. The SMILES string of the molecule is CC(C)(Oc1ccc(Sc2ccc(Cl)cc2)cc1)C(=O)Cl. The molecule has 0 radical (unpaired) electrons. The van der Waals surface area contributed by atoms with Gasteiger partial charge in [-0.25, -0.2) is 0 Å². The van der Waals surface area contributed by atoms with Crippen LogP contribution in [0.2, 0.25) is 5.02 Å². The normalized spacial score (nSPS) is 11.2. The van der Waals surface area contributed by atoms with Crippen LogP contribution in [0.4, 0.5) is 0 Å². The predicted octanol–water partition coefficient (Wildman–Crippen LogP) is 5.41. The van der Waals surface area contributed by atoms with Crippen LogP contribution in [0, 0.1) is 0 Å². The van der Waals surface area contributed by atoms with Gasteiger partial charge in [-0.3, -0.25) is 4.79 Å². The third-order valence-corrected chi connectivity index (χ3v) is 4.44. The van der Waals surface area contributed by atoms with Crippen molar-refractivity contribution in [1.82, 2.24) is 0 Å². The lowest BCUT2D eigenvalue weighted by atomic mass is 10.1. The average Bonchev–Trinajstić information content (AvgIpc) is 2.43. The van der Waals surface area contributed by atoms with Crippen molar-refractivity contribution in [2.24, 2.45) is 0 Å². The first-order valence-electron chi connectivity index (χ1n) is 6.29. The Bertz CT molecular complexity index is 622. The maximum absolute atomic E-state index is 11.2. The van der Waals surface area contributed by atoms with Crippen LogP contribution >= 0.6 is 35.0 Å². The Morgan fingerprint density at radius 1 is 1.00 bits per heavy atom. The maximum atomic E-state index is 11.2. The van der Waals surface area contributed by atoms with Crippen molar-refractivity contribution in [3.05, 3.63) is 53.6 Å². The maximum Gasteiger partial charge on any atom is 0.264 e. The molecular formula is C16H14Cl2O2S. The van der Waals surface area contributed by atoms with Crippen LogP contribution in [0.3, 0.4) is 0 Å². The third kappa shape index (κ3) is 4.67. The number of hydrogen-bond donors (Lipinski definition) is 0. The zero-order valence-corrected chi connectivity index (χ0v) is 13.9. The molecule has 2 nitrogen and oxygen atoms in total. The lowest BCUT2D eigenvalue weighted by Gasteiger charge is -2.22. The zero-order valence-electron chi connectivity index (χ0n) is 11.6. The summed E-state index contributed by atoms with van der Waals surface area (Å²) in [7, 11) is 0. The van der Waals surface area contributed by atoms with Crippen molar-refractivity contribution in [1.29, 1.82) is 0 Å². The van der Waals surface area contributed by atoms with Crippen LogP contribution < -0.4 is 4.74 Å². The minimum atomic E-state index is -1.04. The number of halogens is 2. The van der Waals surface area contributed by atoms with Crippen molar-refractivity contribution in [2.75, 3.05) is 0 Å². The summed E-state index contributed by atoms with van der Waals surface area (Å²) in [5.74, 6) is 0.606. The van der Waals surface area contributed by atoms with Gasteiger partial charge in [0.1, 0.15) is 5.75 Å². The van der Waals surface area contributed by atoms with E-state index in [4.69, 9.17) is 27.9 Å². The lowest BCUT2D eigenvalue weighted by Crippen LogP contribution is -2.34. The molecule has 0 heterocycles. The zero-order chi connectivity index (χ0) is 15.5. The summed E-state index contributed by atoms with van der Waals surface area (Å²) >= 11 is 13.0. The van der Waals surface area contributed by atoms with Crippen LogP contribution in [-0.4, -0.2) is 10.8 Å². The number of carbonyl (C=O) groups is 1. The number of benzene rings is 2. The van der Waals surface area contributed by atoms with Crippen molar-refractivity contribution in [3.8, 4) is 5.75 Å². The molecule has 2 aromatic rings. The summed E-state index contributed by atoms with van der Waals surface area (Å²) in [6.07, 6.45) is 0. The molecule has 0 fully saturated rings. The molecule has 0 saturated heterocycles. The van der Waals surface area contributed by atoms with Crippen LogP contribution in [0.15, 0.2) is 58.3 Å². The van der Waals surface area contributed by atoms with E-state index in [0.717, 1.165) is 14.8 Å². The van der Waals surface area contributed by atoms with E-state index in [-0.39, 0.29) is 0 Å². The fourth-order valence-corrected chi connectivity index (χ4v) is 2.53. The minimum Gasteiger partial charge on any atom is -0.479 e. The van der Waals surface area contributed by atoms with E-state index in [1.807, 2.05) is 48.5 Å². The summed E-state index contributed by atoms with van der Waals surface area (Å²) in [4.78, 5) is 13.4. The summed E-state index contributed by atoms with van der Waals surface area (Å²) in [6, 6.07) is 15.2. The molecule has 0 unspecified atom stereocenters. The number of rotatable bonds is 5. The molecule has 0 saturated carbocycles. The quantitative estimate of drug-likeness (QED) is 0.680. The standard InChI is InChI=1S/C16H14Cl2O2S/c1-16(2,15(18)19)20-12-5-9-14(10-6-12)21-13-7-3-11(17)4-8-13/h3-10H,1-2H3. The monoisotopic (exact) mass is 340 g/mol. The van der Waals surface area contributed by atoms with E-state index >= 15 is 0 Å². The Morgan fingerprint density at radius 2 is 1.48 bits per heavy atom. The van der Waals surface area contributed by atoms with Crippen LogP contribution in [0.1, 0.15) is 13.8 Å². The molecule has 2 rings (SSSR count). The van der Waals surface area contributed by atoms with Gasteiger partial charge < -0.3 is 4.74 Å². The van der Waals surface area contributed by atoms with E-state index in [2.05, 4.69) is 0 Å². The predicted molar refractivity (Wildman–Crippen MR) is 87.6 cm³/mol. The van der Waals surface area contributed by atoms with E-state index < -0.39 is 10.8 Å². The second-order valence-corrected chi connectivity index (χ2v) is 6.84. The molecule has 0 spiro atoms. The van der Waals surface area contributed by atoms with Gasteiger partial charge in [-0.2, -0.15) is 0 Å². The van der Waals surface area contributed by atoms with Crippen molar-refractivity contribution in [2.45, 2.75) is 29.2 Å². The van der Waals surface area contributed by atoms with Crippen LogP contribution in [-0.2, 0) is 4.79 Å². The van der Waals surface area contributed by atoms with E-state index in [0.29, 0.717) is 5.75 Å². The average molecular weight is 341 g/mol. The Balaban J connectivity index is 2.05. The summed E-state index contributed by atoms with van der Waals surface area (Å²) in [5.41, 5.74) is -1.04. The smallest absolute Gasteiger partial charge is 0.264 e. The van der Waals surface area contributed by atoms with Crippen LogP contribution in [0.25, 0.3) is 0 Å². The minimum absolute atomic E-state index is 0.526. The molecule has 0 amide bonds. The van der Waals surface area contributed by atoms with Gasteiger partial charge in [0.2, 0.25) is 0 Å². The molecule has 21 heavy (non-hydrogen) atoms. The Labute approximate surface area is 138 Å². The summed E-state index contributed by atoms with van der Waals surface area (Å²) in [6.45, 7) is 3.28. The fraction of sp³-hybridized carbons (Fsp3) is 0.188. The van der Waals surface area contributed by atoms with Gasteiger partial charge in [0, 0.05) is 14.8 Å². The van der Waals surface area contributed by atoms with Gasteiger partial charge in [-0.1, -0.05) is 23.4 Å². The van der Waals surface area contributed by atoms with E-state index in [9.17, 15) is 4.79 Å². The first-order valence-corrected chi connectivity index (χ1v) is 7.86. The molecule has 0 aliphatic heterocycles. The lowest BCUT2D eigenvalue weighted by molar-refractivity contribution is -0.123. The second kappa shape index (κ2) is 6.73. The molecular weight excluding hydrogens is 327 g/mol. The molecule has 2 aromatic carbocycles. The molecule has 0 aliphatic rings. The second-order valence-electron chi connectivity index (χ2n) is 4.91. The van der Waals surface area contributed by atoms with Gasteiger partial charge in [0.05, 0.1) is 0 Å². The van der Waals surface area contributed by atoms with Crippen molar-refractivity contribution in [3.63, 3.8) is 0 Å². The highest BCUT2D eigenvalue weighted by Crippen LogP contribution is 2.30. The van der Waals surface area contributed by atoms with Crippen molar-refractivity contribution < 1.29 is 9.53 Å². The highest BCUT2D eigenvalue weighted by Gasteiger charge is 2.27. The van der Waals surface area contributed by atoms with Gasteiger partial charge in [0.25, 0.3) is 5.24 Å². The Hall–Kier alpha value is -1.16. The Kier molecular flexibility index (Phi) is 5.20. The number of ether oxygens (including phenoxy) is 1. The number of carbonyl (C=O) groups excluding carboxylic acids is 1. The largest absolute Gasteiger partial charge is 0.479 e. The molecule has 5 heteroatoms. The summed E-state index contributed by atoms with van der Waals surface area (Å²) < 4.78 is 5.58. The highest BCUT2D eigenvalue weighted by molar-refractivity contribution is 7.99. The van der Waals surface area contributed by atoms with Gasteiger partial charge in [-0.05, 0) is 74.0 Å². The topological polar surface area (TPSA) is 26.3 Å². The molecule has 0 N–H and O–H groups in total. The van der Waals surface area contributed by atoms with Gasteiger partial charge >= 0.3 is 0 Å². The third-order valence-electron chi connectivity index (χ3n) is 2.72. The van der Waals surface area contributed by atoms with E-state index in [1.54, 1.807) is 25.6 Å². The molecule has 0 atom stereocenters. The van der Waals surface area contributed by atoms with Gasteiger partial charge in [-0.15, -0.1) is 0 Å². The highest BCUT2D eigenvalue weighted by atomic mass is 35.5. The van der Waals surface area contributed by atoms with Crippen LogP contribution in [0.5, 0.6) is 5.75 Å². The molecule has 0 aromatic heterocycles. The summed E-state index contributed by atoms with van der Waals surface area (Å²) in [5, 5.41) is 0.193. The van der Waals surface area contributed by atoms with Crippen molar-refractivity contribution >= 4 is 40.2 Å². The molecule has 0 aliphatic carbocycles. The first-order chi connectivity index (χ1) is 9.87. The first kappa shape index (κ1) is 16.2. The van der Waals surface area contributed by atoms with Gasteiger partial charge in [0.15, 0.2) is 5.60 Å². The number of hydrogen-bond acceptors (Lipinski definition) is 3. The van der Waals surface area contributed by atoms with E-state index in [1.165, 1.54) is 0 Å².